The van der Waals surface area contributed by atoms with Crippen LogP contribution in [0, 0.1) is 0 Å². The number of hydrogen-bond donors (Lipinski definition) is 0. The minimum Gasteiger partial charge on any atom is -0.490 e. The Morgan fingerprint density at radius 2 is 0.756 bits per heavy atom. The topological polar surface area (TPSA) is 9.23 Å². The summed E-state index contributed by atoms with van der Waals surface area (Å²) >= 11 is 0. The molecule has 1 fully saturated rings. The van der Waals surface area contributed by atoms with Crippen LogP contribution >= 0.6 is 0 Å². The smallest absolute Gasteiger partial charge is 0.127 e. The molecular formula is C40H30O. The molecular weight excluding hydrogens is 496 g/mol. The van der Waals surface area contributed by atoms with Crippen molar-refractivity contribution in [2.75, 3.05) is 0 Å². The van der Waals surface area contributed by atoms with Crippen LogP contribution in [0.3, 0.4) is 0 Å². The first kappa shape index (κ1) is 23.1. The summed E-state index contributed by atoms with van der Waals surface area (Å²) in [6, 6.07) is 43.3. The van der Waals surface area contributed by atoms with E-state index < -0.39 is 0 Å². The summed E-state index contributed by atoms with van der Waals surface area (Å²) in [6.07, 6.45) is 6.58. The molecule has 8 aromatic rings. The summed E-state index contributed by atoms with van der Waals surface area (Å²) in [5, 5.41) is 17.9. The van der Waals surface area contributed by atoms with Crippen LogP contribution in [0.4, 0.5) is 0 Å². The first-order valence-electron chi connectivity index (χ1n) is 15.0. The Hall–Kier alpha value is -4.62. The molecule has 9 rings (SSSR count). The van der Waals surface area contributed by atoms with E-state index >= 15 is 0 Å². The highest BCUT2D eigenvalue weighted by Crippen LogP contribution is 2.36. The second kappa shape index (κ2) is 8.94. The highest BCUT2D eigenvalue weighted by Gasteiger charge is 2.16. The van der Waals surface area contributed by atoms with Crippen molar-refractivity contribution in [2.24, 2.45) is 0 Å². The highest BCUT2D eigenvalue weighted by atomic mass is 16.5. The zero-order valence-electron chi connectivity index (χ0n) is 23.0. The largest absolute Gasteiger partial charge is 0.490 e. The van der Waals surface area contributed by atoms with E-state index in [9.17, 15) is 0 Å². The van der Waals surface area contributed by atoms with Gasteiger partial charge in [-0.1, -0.05) is 42.8 Å². The maximum atomic E-state index is 6.56. The quantitative estimate of drug-likeness (QED) is 0.204. The zero-order valence-corrected chi connectivity index (χ0v) is 23.0. The Morgan fingerprint density at radius 1 is 0.366 bits per heavy atom. The van der Waals surface area contributed by atoms with E-state index in [1.165, 1.54) is 108 Å². The maximum Gasteiger partial charge on any atom is 0.127 e. The van der Waals surface area contributed by atoms with E-state index in [2.05, 4.69) is 115 Å². The second-order valence-corrected chi connectivity index (χ2v) is 12.1. The second-order valence-electron chi connectivity index (χ2n) is 12.1. The molecule has 1 saturated carbocycles. The van der Waals surface area contributed by atoms with Gasteiger partial charge in [-0.15, -0.1) is 0 Å². The monoisotopic (exact) mass is 526 g/mol. The summed E-state index contributed by atoms with van der Waals surface area (Å²) < 4.78 is 6.56. The van der Waals surface area contributed by atoms with Gasteiger partial charge in [-0.2, -0.15) is 0 Å². The van der Waals surface area contributed by atoms with Gasteiger partial charge in [-0.05, 0) is 175 Å². The van der Waals surface area contributed by atoms with Crippen LogP contribution in [0.1, 0.15) is 32.1 Å². The van der Waals surface area contributed by atoms with Crippen molar-refractivity contribution in [3.8, 4) is 5.75 Å². The summed E-state index contributed by atoms with van der Waals surface area (Å²) in [5.74, 6) is 1.03. The molecule has 0 saturated heterocycles. The molecule has 8 aromatic carbocycles. The van der Waals surface area contributed by atoms with E-state index in [1.54, 1.807) is 0 Å². The average Bonchev–Trinajstić information content (AvgIpc) is 2.99. The van der Waals surface area contributed by atoms with Crippen molar-refractivity contribution >= 4 is 75.4 Å². The summed E-state index contributed by atoms with van der Waals surface area (Å²) in [5.41, 5.74) is 0. The van der Waals surface area contributed by atoms with E-state index in [-0.39, 0.29) is 0 Å². The van der Waals surface area contributed by atoms with Crippen molar-refractivity contribution in [1.29, 1.82) is 0 Å². The number of rotatable bonds is 2. The highest BCUT2D eigenvalue weighted by molar-refractivity contribution is 6.12. The lowest BCUT2D eigenvalue weighted by atomic mass is 9.94. The molecule has 41 heavy (non-hydrogen) atoms. The summed E-state index contributed by atoms with van der Waals surface area (Å²) in [7, 11) is 0. The Morgan fingerprint density at radius 3 is 1.24 bits per heavy atom. The third-order valence-corrected chi connectivity index (χ3v) is 9.33. The van der Waals surface area contributed by atoms with Crippen molar-refractivity contribution in [2.45, 2.75) is 38.2 Å². The van der Waals surface area contributed by atoms with Gasteiger partial charge >= 0.3 is 0 Å². The molecule has 1 aliphatic carbocycles. The molecule has 0 N–H and O–H groups in total. The molecule has 0 bridgehead atoms. The van der Waals surface area contributed by atoms with E-state index in [4.69, 9.17) is 4.74 Å². The average molecular weight is 527 g/mol. The van der Waals surface area contributed by atoms with Gasteiger partial charge in [0.1, 0.15) is 5.75 Å². The number of benzene rings is 8. The predicted molar refractivity (Wildman–Crippen MR) is 176 cm³/mol. The maximum absolute atomic E-state index is 6.56. The Bertz CT molecular complexity index is 2320. The summed E-state index contributed by atoms with van der Waals surface area (Å²) in [4.78, 5) is 0. The van der Waals surface area contributed by atoms with E-state index in [0.717, 1.165) is 5.75 Å². The Balaban J connectivity index is 1.20. The van der Waals surface area contributed by atoms with Crippen molar-refractivity contribution in [3.05, 3.63) is 115 Å². The van der Waals surface area contributed by atoms with Gasteiger partial charge in [0.05, 0.1) is 6.10 Å². The molecule has 0 aliphatic heterocycles. The van der Waals surface area contributed by atoms with Crippen LogP contribution in [0.15, 0.2) is 115 Å². The van der Waals surface area contributed by atoms with Gasteiger partial charge in [0, 0.05) is 5.39 Å². The molecule has 0 unspecified atom stereocenters. The molecule has 1 nitrogen and oxygen atoms in total. The lowest BCUT2D eigenvalue weighted by Gasteiger charge is -2.23. The number of hydrogen-bond acceptors (Lipinski definition) is 1. The fourth-order valence-electron chi connectivity index (χ4n) is 7.16. The molecule has 196 valence electrons. The molecule has 0 atom stereocenters. The zero-order chi connectivity index (χ0) is 26.9. The van der Waals surface area contributed by atoms with Crippen molar-refractivity contribution < 1.29 is 4.74 Å². The first-order valence-corrected chi connectivity index (χ1v) is 15.0. The molecule has 0 amide bonds. The molecule has 1 aliphatic rings. The van der Waals surface area contributed by atoms with Gasteiger partial charge in [-0.25, -0.2) is 0 Å². The minimum atomic E-state index is 0.346. The lowest BCUT2D eigenvalue weighted by molar-refractivity contribution is 0.157. The van der Waals surface area contributed by atoms with Crippen LogP contribution in [0.5, 0.6) is 5.75 Å². The SMILES string of the molecule is c1ccc2cc3cc4cc5cc6cc7cc8c(OC9CCCCC9)cccc8cc7cc6cc5cc4cc3cc2c1. The molecule has 0 aromatic heterocycles. The minimum absolute atomic E-state index is 0.346. The number of fused-ring (bicyclic) bond motifs is 7. The molecule has 0 heterocycles. The molecule has 0 radical (unpaired) electrons. The first-order chi connectivity index (χ1) is 20.2. The molecule has 1 heteroatoms. The normalized spacial score (nSPS) is 14.7. The van der Waals surface area contributed by atoms with E-state index in [1.807, 2.05) is 0 Å². The number of ether oxygens (including phenoxy) is 1. The van der Waals surface area contributed by atoms with Crippen LogP contribution in [-0.2, 0) is 0 Å². The standard InChI is InChI=1S/C40H30O/c1-2-10-38(11-3-1)41-40-12-6-9-27-15-30-18-33-21-34-19-31-16-28-13-25-7-4-5-8-26(25)14-29(28)17-32(31)20-35(34)22-36(33)23-37(30)24-39(27)40/h4-9,12-24,38H,1-3,10-11H2. The lowest BCUT2D eigenvalue weighted by Crippen LogP contribution is -2.19. The van der Waals surface area contributed by atoms with Gasteiger partial charge in [0.25, 0.3) is 0 Å². The van der Waals surface area contributed by atoms with Crippen LogP contribution in [0.25, 0.3) is 75.4 Å². The Labute approximate surface area is 239 Å². The van der Waals surface area contributed by atoms with Crippen molar-refractivity contribution in [1.82, 2.24) is 0 Å². The summed E-state index contributed by atoms with van der Waals surface area (Å²) in [6.45, 7) is 0. The van der Waals surface area contributed by atoms with Crippen molar-refractivity contribution in [3.63, 3.8) is 0 Å². The van der Waals surface area contributed by atoms with E-state index in [0.29, 0.717) is 6.10 Å². The predicted octanol–water partition coefficient (Wildman–Crippen LogP) is 11.5. The molecule has 0 spiro atoms. The fourth-order valence-corrected chi connectivity index (χ4v) is 7.16. The van der Waals surface area contributed by atoms with Gasteiger partial charge in [0.15, 0.2) is 0 Å². The third kappa shape index (κ3) is 3.91. The van der Waals surface area contributed by atoms with Gasteiger partial charge in [-0.3, -0.25) is 0 Å². The third-order valence-electron chi connectivity index (χ3n) is 9.33. The van der Waals surface area contributed by atoms with Gasteiger partial charge in [0.2, 0.25) is 0 Å². The van der Waals surface area contributed by atoms with Crippen LogP contribution < -0.4 is 4.74 Å². The van der Waals surface area contributed by atoms with Crippen LogP contribution in [-0.4, -0.2) is 6.10 Å². The van der Waals surface area contributed by atoms with Crippen LogP contribution in [0.2, 0.25) is 0 Å². The Kier molecular flexibility index (Phi) is 5.04. The fraction of sp³-hybridized carbons (Fsp3) is 0.150. The van der Waals surface area contributed by atoms with Gasteiger partial charge < -0.3 is 4.74 Å².